The Bertz CT molecular complexity index is 677. The Morgan fingerprint density at radius 1 is 1.07 bits per heavy atom. The van der Waals surface area contributed by atoms with E-state index in [0.717, 1.165) is 57.8 Å². The highest BCUT2D eigenvalue weighted by molar-refractivity contribution is 5.94. The van der Waals surface area contributed by atoms with Crippen LogP contribution in [0.25, 0.3) is 0 Å². The lowest BCUT2D eigenvalue weighted by molar-refractivity contribution is -0.138. The first kappa shape index (κ1) is 20.6. The molecule has 2 amide bonds. The van der Waals surface area contributed by atoms with Crippen LogP contribution in [0.5, 0.6) is 5.75 Å². The zero-order chi connectivity index (χ0) is 20.1. The molecule has 0 bridgehead atoms. The summed E-state index contributed by atoms with van der Waals surface area (Å²) >= 11 is 0. The van der Waals surface area contributed by atoms with Gasteiger partial charge in [0.1, 0.15) is 5.75 Å². The Morgan fingerprint density at radius 2 is 1.71 bits per heavy atom. The Morgan fingerprint density at radius 3 is 2.36 bits per heavy atom. The second-order valence-electron chi connectivity index (χ2n) is 8.18. The van der Waals surface area contributed by atoms with Gasteiger partial charge in [0.05, 0.1) is 18.8 Å². The van der Waals surface area contributed by atoms with E-state index in [1.54, 1.807) is 7.11 Å². The molecule has 2 saturated heterocycles. The summed E-state index contributed by atoms with van der Waals surface area (Å²) in [5.41, 5.74) is 0.709. The number of anilines is 1. The van der Waals surface area contributed by atoms with Crippen LogP contribution in [0.1, 0.15) is 39.5 Å². The lowest BCUT2D eigenvalue weighted by Gasteiger charge is -2.38. The molecule has 0 spiro atoms. The van der Waals surface area contributed by atoms with Gasteiger partial charge in [-0.05, 0) is 63.7 Å². The van der Waals surface area contributed by atoms with E-state index in [-0.39, 0.29) is 23.8 Å². The SMILES string of the molecule is COc1ccccc1NC(=O)C1CCN([C@@H](C)C(=O)N2CCC(C)CC2)CC1. The lowest BCUT2D eigenvalue weighted by atomic mass is 9.94. The predicted molar refractivity (Wildman–Crippen MR) is 110 cm³/mol. The Balaban J connectivity index is 1.49. The quantitative estimate of drug-likeness (QED) is 0.844. The van der Waals surface area contributed by atoms with Crippen molar-refractivity contribution in [3.8, 4) is 5.75 Å². The smallest absolute Gasteiger partial charge is 0.239 e. The second kappa shape index (κ2) is 9.41. The predicted octanol–water partition coefficient (Wildman–Crippen LogP) is 2.99. The van der Waals surface area contributed by atoms with E-state index in [9.17, 15) is 9.59 Å². The summed E-state index contributed by atoms with van der Waals surface area (Å²) in [6, 6.07) is 7.36. The molecule has 0 radical (unpaired) electrons. The molecule has 2 fully saturated rings. The van der Waals surface area contributed by atoms with Crippen molar-refractivity contribution in [3.63, 3.8) is 0 Å². The minimum atomic E-state index is -0.105. The van der Waals surface area contributed by atoms with Gasteiger partial charge >= 0.3 is 0 Å². The molecule has 6 nitrogen and oxygen atoms in total. The van der Waals surface area contributed by atoms with Crippen molar-refractivity contribution in [1.29, 1.82) is 0 Å². The van der Waals surface area contributed by atoms with Crippen LogP contribution >= 0.6 is 0 Å². The van der Waals surface area contributed by atoms with Gasteiger partial charge in [-0.25, -0.2) is 0 Å². The van der Waals surface area contributed by atoms with Crippen molar-refractivity contribution in [3.05, 3.63) is 24.3 Å². The number of nitrogens with one attached hydrogen (secondary N) is 1. The Hall–Kier alpha value is -2.08. The maximum absolute atomic E-state index is 12.8. The zero-order valence-electron chi connectivity index (χ0n) is 17.3. The molecule has 154 valence electrons. The number of methoxy groups -OCH3 is 1. The highest BCUT2D eigenvalue weighted by Gasteiger charge is 2.32. The third-order valence-corrected chi connectivity index (χ3v) is 6.27. The minimum Gasteiger partial charge on any atom is -0.495 e. The van der Waals surface area contributed by atoms with Crippen molar-refractivity contribution < 1.29 is 14.3 Å². The largest absolute Gasteiger partial charge is 0.495 e. The van der Waals surface area contributed by atoms with Crippen LogP contribution in [0.15, 0.2) is 24.3 Å². The number of amides is 2. The first-order valence-electron chi connectivity index (χ1n) is 10.5. The Kier molecular flexibility index (Phi) is 6.94. The van der Waals surface area contributed by atoms with Gasteiger partial charge in [-0.15, -0.1) is 0 Å². The van der Waals surface area contributed by atoms with Crippen LogP contribution in [0.2, 0.25) is 0 Å². The minimum absolute atomic E-state index is 0.0284. The van der Waals surface area contributed by atoms with Crippen molar-refractivity contribution in [2.75, 3.05) is 38.6 Å². The van der Waals surface area contributed by atoms with E-state index in [1.165, 1.54) is 0 Å². The van der Waals surface area contributed by atoms with Crippen LogP contribution in [-0.2, 0) is 9.59 Å². The molecule has 3 rings (SSSR count). The monoisotopic (exact) mass is 387 g/mol. The summed E-state index contributed by atoms with van der Waals surface area (Å²) in [7, 11) is 1.60. The fraction of sp³-hybridized carbons (Fsp3) is 0.636. The number of nitrogens with zero attached hydrogens (tertiary/aromatic N) is 2. The van der Waals surface area contributed by atoms with Crippen molar-refractivity contribution in [1.82, 2.24) is 9.80 Å². The molecule has 1 aromatic rings. The summed E-state index contributed by atoms with van der Waals surface area (Å²) in [5, 5.41) is 3.00. The molecule has 0 saturated carbocycles. The van der Waals surface area contributed by atoms with E-state index < -0.39 is 0 Å². The van der Waals surface area contributed by atoms with Crippen LogP contribution in [-0.4, -0.2) is 60.9 Å². The highest BCUT2D eigenvalue weighted by Crippen LogP contribution is 2.26. The van der Waals surface area contributed by atoms with Gasteiger partial charge < -0.3 is 15.0 Å². The molecule has 1 N–H and O–H groups in total. The van der Waals surface area contributed by atoms with Crippen LogP contribution < -0.4 is 10.1 Å². The summed E-state index contributed by atoms with van der Waals surface area (Å²) in [6.45, 7) is 7.58. The first-order chi connectivity index (χ1) is 13.5. The summed E-state index contributed by atoms with van der Waals surface area (Å²) < 4.78 is 5.31. The van der Waals surface area contributed by atoms with E-state index in [2.05, 4.69) is 17.1 Å². The zero-order valence-corrected chi connectivity index (χ0v) is 17.3. The summed E-state index contributed by atoms with van der Waals surface area (Å²) in [6.07, 6.45) is 3.75. The summed E-state index contributed by atoms with van der Waals surface area (Å²) in [5.74, 6) is 1.64. The average Bonchev–Trinajstić information content (AvgIpc) is 2.73. The molecule has 2 heterocycles. The number of piperidine rings is 2. The number of likely N-dealkylation sites (tertiary alicyclic amines) is 2. The summed E-state index contributed by atoms with van der Waals surface area (Å²) in [4.78, 5) is 29.7. The maximum Gasteiger partial charge on any atom is 0.239 e. The van der Waals surface area contributed by atoms with Gasteiger partial charge in [-0.2, -0.15) is 0 Å². The number of rotatable bonds is 5. The van der Waals surface area contributed by atoms with Gasteiger partial charge in [0.15, 0.2) is 0 Å². The van der Waals surface area contributed by atoms with Crippen molar-refractivity contribution in [2.24, 2.45) is 11.8 Å². The molecule has 0 aliphatic carbocycles. The normalized spacial score (nSPS) is 20.6. The topological polar surface area (TPSA) is 61.9 Å². The molecule has 2 aliphatic rings. The number of ether oxygens (including phenoxy) is 1. The van der Waals surface area contributed by atoms with E-state index in [4.69, 9.17) is 4.74 Å². The van der Waals surface area contributed by atoms with Gasteiger partial charge in [0, 0.05) is 19.0 Å². The first-order valence-corrected chi connectivity index (χ1v) is 10.5. The van der Waals surface area contributed by atoms with Crippen LogP contribution in [0.4, 0.5) is 5.69 Å². The van der Waals surface area contributed by atoms with Crippen LogP contribution in [0, 0.1) is 11.8 Å². The second-order valence-corrected chi connectivity index (χ2v) is 8.18. The fourth-order valence-electron chi connectivity index (χ4n) is 4.18. The third-order valence-electron chi connectivity index (χ3n) is 6.27. The van der Waals surface area contributed by atoms with E-state index >= 15 is 0 Å². The number of benzene rings is 1. The molecule has 0 aromatic heterocycles. The third kappa shape index (κ3) is 4.85. The number of carbonyl (C=O) groups excluding carboxylic acids is 2. The van der Waals surface area contributed by atoms with Gasteiger partial charge in [0.25, 0.3) is 0 Å². The average molecular weight is 388 g/mol. The fourth-order valence-corrected chi connectivity index (χ4v) is 4.18. The molecule has 2 aliphatic heterocycles. The Labute approximate surface area is 168 Å². The van der Waals surface area contributed by atoms with Gasteiger partial charge in [0.2, 0.25) is 11.8 Å². The maximum atomic E-state index is 12.8. The number of hydrogen-bond donors (Lipinski definition) is 1. The van der Waals surface area contributed by atoms with E-state index in [0.29, 0.717) is 11.4 Å². The molecular formula is C22H33N3O3. The number of para-hydroxylation sites is 2. The molecule has 28 heavy (non-hydrogen) atoms. The molecule has 1 atom stereocenters. The highest BCUT2D eigenvalue weighted by atomic mass is 16.5. The standard InChI is InChI=1S/C22H33N3O3/c1-16-8-12-25(13-9-16)22(27)17(2)24-14-10-18(11-15-24)21(26)23-19-6-4-5-7-20(19)28-3/h4-7,16-18H,8-15H2,1-3H3,(H,23,26)/t17-/m0/s1. The van der Waals surface area contributed by atoms with Crippen LogP contribution in [0.3, 0.4) is 0 Å². The van der Waals surface area contributed by atoms with Gasteiger partial charge in [-0.1, -0.05) is 19.1 Å². The molecule has 0 unspecified atom stereocenters. The number of carbonyl (C=O) groups is 2. The van der Waals surface area contributed by atoms with Crippen molar-refractivity contribution >= 4 is 17.5 Å². The number of hydrogen-bond acceptors (Lipinski definition) is 4. The molecular weight excluding hydrogens is 354 g/mol. The van der Waals surface area contributed by atoms with Crippen molar-refractivity contribution in [2.45, 2.75) is 45.6 Å². The van der Waals surface area contributed by atoms with E-state index in [1.807, 2.05) is 36.1 Å². The molecule has 1 aromatic carbocycles. The lowest BCUT2D eigenvalue weighted by Crippen LogP contribution is -2.52. The van der Waals surface area contributed by atoms with Gasteiger partial charge in [-0.3, -0.25) is 14.5 Å². The molecule has 6 heteroatoms.